The number of amides is 1. The van der Waals surface area contributed by atoms with Crippen molar-refractivity contribution in [3.05, 3.63) is 123 Å². The molecule has 7 nitrogen and oxygen atoms in total. The third-order valence-corrected chi connectivity index (χ3v) is 6.07. The number of carbonyl (C=O) groups excluding carboxylic acids is 1. The van der Waals surface area contributed by atoms with Crippen LogP contribution < -0.4 is 16.4 Å². The first-order valence-corrected chi connectivity index (χ1v) is 11.5. The van der Waals surface area contributed by atoms with E-state index in [4.69, 9.17) is 5.41 Å². The first kappa shape index (κ1) is 22.3. The Balaban J connectivity index is 1.60. The molecule has 0 saturated heterocycles. The number of fused-ring (bicyclic) bond motifs is 2. The molecule has 3 aromatic heterocycles. The van der Waals surface area contributed by atoms with Crippen LogP contribution in [0.25, 0.3) is 16.7 Å². The van der Waals surface area contributed by atoms with E-state index in [9.17, 15) is 9.59 Å². The Kier molecular flexibility index (Phi) is 5.97. The minimum atomic E-state index is -0.386. The van der Waals surface area contributed by atoms with Gasteiger partial charge in [0.25, 0.3) is 11.5 Å². The highest BCUT2D eigenvalue weighted by Gasteiger charge is 2.17. The zero-order valence-electron chi connectivity index (χ0n) is 19.4. The van der Waals surface area contributed by atoms with E-state index in [1.807, 2.05) is 67.6 Å². The summed E-state index contributed by atoms with van der Waals surface area (Å²) in [5, 5.41) is 12.1. The van der Waals surface area contributed by atoms with Gasteiger partial charge in [-0.2, -0.15) is 0 Å². The second-order valence-electron chi connectivity index (χ2n) is 8.55. The lowest BCUT2D eigenvalue weighted by atomic mass is 10.1. The molecule has 5 rings (SSSR count). The van der Waals surface area contributed by atoms with Gasteiger partial charge in [0.2, 0.25) is 0 Å². The predicted octanol–water partition coefficient (Wildman–Crippen LogP) is 3.46. The molecule has 2 N–H and O–H groups in total. The maximum Gasteiger partial charge on any atom is 0.267 e. The standard InChI is InChI=1S/C28H25N5O2/c1-19-10-12-21(13-11-19)18-33-25(29)22(27(34)30-15-14-20-7-3-2-4-8-20)17-23-26(33)31-24-9-5-6-16-32(24)28(23)35/h2-13,16-17,29H,14-15,18H2,1H3,(H,30,34). The lowest BCUT2D eigenvalue weighted by Crippen LogP contribution is -2.35. The summed E-state index contributed by atoms with van der Waals surface area (Å²) in [7, 11) is 0. The number of aromatic nitrogens is 3. The third-order valence-electron chi connectivity index (χ3n) is 6.07. The monoisotopic (exact) mass is 463 g/mol. The molecule has 0 radical (unpaired) electrons. The van der Waals surface area contributed by atoms with Crippen LogP contribution in [0.2, 0.25) is 0 Å². The largest absolute Gasteiger partial charge is 0.352 e. The average molecular weight is 464 g/mol. The SMILES string of the molecule is Cc1ccc(Cn2c(=N)c(C(=O)NCCc3ccccc3)cc3c(=O)n4ccccc4nc32)cc1. The van der Waals surface area contributed by atoms with Crippen molar-refractivity contribution in [3.63, 3.8) is 0 Å². The molecule has 0 bridgehead atoms. The van der Waals surface area contributed by atoms with E-state index >= 15 is 0 Å². The zero-order valence-corrected chi connectivity index (χ0v) is 19.4. The van der Waals surface area contributed by atoms with Crippen LogP contribution in [0.4, 0.5) is 0 Å². The summed E-state index contributed by atoms with van der Waals surface area (Å²) >= 11 is 0. The predicted molar refractivity (Wildman–Crippen MR) is 136 cm³/mol. The van der Waals surface area contributed by atoms with Crippen molar-refractivity contribution >= 4 is 22.6 Å². The van der Waals surface area contributed by atoms with Gasteiger partial charge in [-0.3, -0.25) is 19.4 Å². The van der Waals surface area contributed by atoms with Crippen molar-refractivity contribution in [1.29, 1.82) is 5.41 Å². The van der Waals surface area contributed by atoms with Gasteiger partial charge in [-0.25, -0.2) is 4.98 Å². The molecule has 174 valence electrons. The van der Waals surface area contributed by atoms with E-state index in [2.05, 4.69) is 10.3 Å². The molecule has 1 amide bonds. The van der Waals surface area contributed by atoms with Crippen LogP contribution in [-0.4, -0.2) is 26.4 Å². The molecule has 0 fully saturated rings. The first-order chi connectivity index (χ1) is 17.0. The fraction of sp³-hybridized carbons (Fsp3) is 0.143. The number of aryl methyl sites for hydroxylation is 1. The minimum Gasteiger partial charge on any atom is -0.352 e. The summed E-state index contributed by atoms with van der Waals surface area (Å²) in [6.07, 6.45) is 2.33. The van der Waals surface area contributed by atoms with Gasteiger partial charge in [-0.15, -0.1) is 0 Å². The summed E-state index contributed by atoms with van der Waals surface area (Å²) < 4.78 is 3.10. The van der Waals surface area contributed by atoms with Crippen LogP contribution >= 0.6 is 0 Å². The molecule has 0 saturated carbocycles. The highest BCUT2D eigenvalue weighted by Crippen LogP contribution is 2.13. The number of rotatable bonds is 6. The molecule has 7 heteroatoms. The van der Waals surface area contributed by atoms with Gasteiger partial charge < -0.3 is 9.88 Å². The molecule has 0 atom stereocenters. The molecular formula is C28H25N5O2. The Morgan fingerprint density at radius 3 is 2.49 bits per heavy atom. The highest BCUT2D eigenvalue weighted by atomic mass is 16.1. The van der Waals surface area contributed by atoms with E-state index in [0.717, 1.165) is 16.7 Å². The van der Waals surface area contributed by atoms with Gasteiger partial charge in [0.1, 0.15) is 16.8 Å². The van der Waals surface area contributed by atoms with Crippen molar-refractivity contribution in [2.24, 2.45) is 0 Å². The highest BCUT2D eigenvalue weighted by molar-refractivity contribution is 5.96. The quantitative estimate of drug-likeness (QED) is 0.378. The number of pyridine rings is 2. The number of nitrogens with one attached hydrogen (secondary N) is 2. The van der Waals surface area contributed by atoms with Crippen molar-refractivity contribution in [2.75, 3.05) is 6.54 Å². The van der Waals surface area contributed by atoms with E-state index < -0.39 is 0 Å². The number of nitrogens with zero attached hydrogens (tertiary/aromatic N) is 3. The average Bonchev–Trinajstić information content (AvgIpc) is 2.88. The summed E-state index contributed by atoms with van der Waals surface area (Å²) in [4.78, 5) is 31.2. The summed E-state index contributed by atoms with van der Waals surface area (Å²) in [6.45, 7) is 2.75. The fourth-order valence-electron chi connectivity index (χ4n) is 4.15. The molecule has 35 heavy (non-hydrogen) atoms. The summed E-state index contributed by atoms with van der Waals surface area (Å²) in [6, 6.07) is 24.7. The van der Waals surface area contributed by atoms with E-state index in [1.165, 1.54) is 10.5 Å². The fourth-order valence-corrected chi connectivity index (χ4v) is 4.15. The van der Waals surface area contributed by atoms with Gasteiger partial charge in [-0.1, -0.05) is 66.2 Å². The van der Waals surface area contributed by atoms with Crippen LogP contribution in [0, 0.1) is 12.3 Å². The Morgan fingerprint density at radius 2 is 1.71 bits per heavy atom. The molecule has 0 aliphatic rings. The van der Waals surface area contributed by atoms with Gasteiger partial charge in [-0.05, 0) is 42.7 Å². The van der Waals surface area contributed by atoms with Gasteiger partial charge in [0.15, 0.2) is 0 Å². The normalized spacial score (nSPS) is 11.1. The smallest absolute Gasteiger partial charge is 0.267 e. The first-order valence-electron chi connectivity index (χ1n) is 11.5. The van der Waals surface area contributed by atoms with E-state index in [-0.39, 0.29) is 22.5 Å². The van der Waals surface area contributed by atoms with Crippen LogP contribution in [0.15, 0.2) is 89.9 Å². The van der Waals surface area contributed by atoms with Crippen molar-refractivity contribution in [1.82, 2.24) is 19.3 Å². The molecule has 5 aromatic rings. The molecule has 0 aliphatic heterocycles. The molecule has 2 aromatic carbocycles. The lowest BCUT2D eigenvalue weighted by molar-refractivity contribution is 0.0951. The molecule has 0 aliphatic carbocycles. The molecule has 0 unspecified atom stereocenters. The maximum atomic E-state index is 13.3. The van der Waals surface area contributed by atoms with Crippen LogP contribution in [0.1, 0.15) is 27.0 Å². The topological polar surface area (TPSA) is 92.2 Å². The number of hydrogen-bond donors (Lipinski definition) is 2. The molecule has 3 heterocycles. The minimum absolute atomic E-state index is 0.0162. The van der Waals surface area contributed by atoms with Crippen molar-refractivity contribution < 1.29 is 4.79 Å². The van der Waals surface area contributed by atoms with E-state index in [1.54, 1.807) is 22.9 Å². The summed E-state index contributed by atoms with van der Waals surface area (Å²) in [5.41, 5.74) is 3.95. The number of hydrogen-bond acceptors (Lipinski definition) is 4. The van der Waals surface area contributed by atoms with Crippen LogP contribution in [0.3, 0.4) is 0 Å². The van der Waals surface area contributed by atoms with E-state index in [0.29, 0.717) is 36.2 Å². The maximum absolute atomic E-state index is 13.3. The number of benzene rings is 2. The van der Waals surface area contributed by atoms with Crippen LogP contribution in [0.5, 0.6) is 0 Å². The van der Waals surface area contributed by atoms with Gasteiger partial charge >= 0.3 is 0 Å². The lowest BCUT2D eigenvalue weighted by Gasteiger charge is -2.15. The van der Waals surface area contributed by atoms with Gasteiger partial charge in [0.05, 0.1) is 17.5 Å². The third kappa shape index (κ3) is 4.48. The molecular weight excluding hydrogens is 438 g/mol. The molecule has 0 spiro atoms. The van der Waals surface area contributed by atoms with Crippen LogP contribution in [-0.2, 0) is 13.0 Å². The summed E-state index contributed by atoms with van der Waals surface area (Å²) in [5.74, 6) is -0.386. The second kappa shape index (κ2) is 9.38. The van der Waals surface area contributed by atoms with Crippen molar-refractivity contribution in [2.45, 2.75) is 19.9 Å². The Labute approximate surface area is 201 Å². The zero-order chi connectivity index (χ0) is 24.4. The Hall–Kier alpha value is -4.52. The second-order valence-corrected chi connectivity index (χ2v) is 8.55. The Morgan fingerprint density at radius 1 is 0.971 bits per heavy atom. The van der Waals surface area contributed by atoms with Gasteiger partial charge in [0, 0.05) is 12.7 Å². The van der Waals surface area contributed by atoms with Crippen molar-refractivity contribution in [3.8, 4) is 0 Å². The number of carbonyl (C=O) groups is 1. The Bertz CT molecular complexity index is 1650.